The molecule has 0 radical (unpaired) electrons. The summed E-state index contributed by atoms with van der Waals surface area (Å²) >= 11 is 0. The molecule has 1 nitrogen and oxygen atoms in total. The number of carbonyl (C=O) groups excluding carboxylic acids is 1. The van der Waals surface area contributed by atoms with Crippen molar-refractivity contribution in [2.24, 2.45) is 0 Å². The zero-order chi connectivity index (χ0) is 12.1. The molecule has 84 valence electrons. The Morgan fingerprint density at radius 3 is 2.35 bits per heavy atom. The molecule has 0 fully saturated rings. The summed E-state index contributed by atoms with van der Waals surface area (Å²) in [5, 5.41) is 0. The first-order valence-electron chi connectivity index (χ1n) is 5.61. The van der Waals surface area contributed by atoms with Crippen LogP contribution < -0.4 is 0 Å². The van der Waals surface area contributed by atoms with Crippen molar-refractivity contribution in [2.75, 3.05) is 0 Å². The van der Waals surface area contributed by atoms with Gasteiger partial charge in [0, 0.05) is 12.0 Å². The zero-order valence-electron chi connectivity index (χ0n) is 9.60. The standard InChI is InChI=1S/C16H14O/c1-2-8-16(17)15-12-7-6-11-14(15)13-9-4-3-5-10-13/h2-7,9-12H,1,8H2. The van der Waals surface area contributed by atoms with E-state index in [1.165, 1.54) is 0 Å². The predicted octanol–water partition coefficient (Wildman–Crippen LogP) is 4.11. The fourth-order valence-electron chi connectivity index (χ4n) is 1.84. The molecule has 0 bridgehead atoms. The van der Waals surface area contributed by atoms with Gasteiger partial charge in [-0.15, -0.1) is 6.58 Å². The molecule has 0 aliphatic carbocycles. The minimum atomic E-state index is 0.111. The van der Waals surface area contributed by atoms with Crippen LogP contribution in [0.5, 0.6) is 0 Å². The maximum Gasteiger partial charge on any atom is 0.167 e. The number of hydrogen-bond donors (Lipinski definition) is 0. The van der Waals surface area contributed by atoms with Gasteiger partial charge in [-0.25, -0.2) is 0 Å². The lowest BCUT2D eigenvalue weighted by molar-refractivity contribution is 0.0996. The van der Waals surface area contributed by atoms with Gasteiger partial charge in [0.25, 0.3) is 0 Å². The van der Waals surface area contributed by atoms with Crippen LogP contribution in [-0.4, -0.2) is 5.78 Å². The monoisotopic (exact) mass is 222 g/mol. The highest BCUT2D eigenvalue weighted by atomic mass is 16.1. The number of carbonyl (C=O) groups is 1. The second-order valence-electron chi connectivity index (χ2n) is 3.83. The number of allylic oxidation sites excluding steroid dienone is 1. The van der Waals surface area contributed by atoms with Crippen LogP contribution in [0.1, 0.15) is 16.8 Å². The minimum Gasteiger partial charge on any atom is -0.294 e. The molecule has 0 aliphatic heterocycles. The van der Waals surface area contributed by atoms with E-state index in [2.05, 4.69) is 6.58 Å². The van der Waals surface area contributed by atoms with Crippen molar-refractivity contribution in [3.8, 4) is 11.1 Å². The van der Waals surface area contributed by atoms with Crippen LogP contribution in [0, 0.1) is 0 Å². The molecule has 0 heterocycles. The minimum absolute atomic E-state index is 0.111. The smallest absolute Gasteiger partial charge is 0.167 e. The average Bonchev–Trinajstić information content (AvgIpc) is 2.40. The van der Waals surface area contributed by atoms with Crippen molar-refractivity contribution in [3.63, 3.8) is 0 Å². The first kappa shape index (κ1) is 11.3. The second kappa shape index (κ2) is 5.26. The molecule has 2 aromatic rings. The second-order valence-corrected chi connectivity index (χ2v) is 3.83. The Kier molecular flexibility index (Phi) is 3.51. The van der Waals surface area contributed by atoms with Crippen molar-refractivity contribution in [1.29, 1.82) is 0 Å². The third-order valence-corrected chi connectivity index (χ3v) is 2.64. The van der Waals surface area contributed by atoms with Crippen LogP contribution in [-0.2, 0) is 0 Å². The summed E-state index contributed by atoms with van der Waals surface area (Å²) in [6, 6.07) is 17.6. The molecular weight excluding hydrogens is 208 g/mol. The quantitative estimate of drug-likeness (QED) is 0.562. The van der Waals surface area contributed by atoms with Gasteiger partial charge in [0.05, 0.1) is 0 Å². The third kappa shape index (κ3) is 2.51. The van der Waals surface area contributed by atoms with Crippen molar-refractivity contribution < 1.29 is 4.79 Å². The first-order valence-corrected chi connectivity index (χ1v) is 5.61. The van der Waals surface area contributed by atoms with E-state index in [1.54, 1.807) is 6.08 Å². The molecule has 2 aromatic carbocycles. The van der Waals surface area contributed by atoms with Gasteiger partial charge in [0.2, 0.25) is 0 Å². The molecule has 0 aliphatic rings. The van der Waals surface area contributed by atoms with Gasteiger partial charge < -0.3 is 0 Å². The Hall–Kier alpha value is -2.15. The highest BCUT2D eigenvalue weighted by molar-refractivity contribution is 6.02. The number of rotatable bonds is 4. The largest absolute Gasteiger partial charge is 0.294 e. The molecule has 0 aromatic heterocycles. The third-order valence-electron chi connectivity index (χ3n) is 2.64. The Balaban J connectivity index is 2.48. The van der Waals surface area contributed by atoms with Gasteiger partial charge in [-0.2, -0.15) is 0 Å². The van der Waals surface area contributed by atoms with E-state index >= 15 is 0 Å². The summed E-state index contributed by atoms with van der Waals surface area (Å²) in [6.45, 7) is 3.61. The van der Waals surface area contributed by atoms with E-state index in [1.807, 2.05) is 54.6 Å². The molecule has 0 amide bonds. The van der Waals surface area contributed by atoms with E-state index < -0.39 is 0 Å². The van der Waals surface area contributed by atoms with Crippen molar-refractivity contribution in [3.05, 3.63) is 72.8 Å². The van der Waals surface area contributed by atoms with E-state index in [-0.39, 0.29) is 5.78 Å². The lowest BCUT2D eigenvalue weighted by Crippen LogP contribution is -1.99. The Morgan fingerprint density at radius 2 is 1.65 bits per heavy atom. The van der Waals surface area contributed by atoms with Gasteiger partial charge >= 0.3 is 0 Å². The fourth-order valence-corrected chi connectivity index (χ4v) is 1.84. The Morgan fingerprint density at radius 1 is 1.00 bits per heavy atom. The van der Waals surface area contributed by atoms with E-state index in [9.17, 15) is 4.79 Å². The molecule has 0 spiro atoms. The van der Waals surface area contributed by atoms with Crippen LogP contribution in [0.15, 0.2) is 67.3 Å². The van der Waals surface area contributed by atoms with Gasteiger partial charge in [0.1, 0.15) is 0 Å². The lowest BCUT2D eigenvalue weighted by atomic mass is 9.96. The predicted molar refractivity (Wildman–Crippen MR) is 71.0 cm³/mol. The highest BCUT2D eigenvalue weighted by Gasteiger charge is 2.10. The molecule has 0 N–H and O–H groups in total. The van der Waals surface area contributed by atoms with Crippen LogP contribution in [0.25, 0.3) is 11.1 Å². The van der Waals surface area contributed by atoms with Crippen molar-refractivity contribution in [1.82, 2.24) is 0 Å². The SMILES string of the molecule is C=CCC(=O)c1ccccc1-c1ccccc1. The van der Waals surface area contributed by atoms with Crippen LogP contribution in [0.4, 0.5) is 0 Å². The number of Topliss-reactive ketones (excluding diaryl/α,β-unsaturated/α-hetero) is 1. The Labute approximate surface area is 101 Å². The van der Waals surface area contributed by atoms with Crippen molar-refractivity contribution in [2.45, 2.75) is 6.42 Å². The van der Waals surface area contributed by atoms with Crippen LogP contribution in [0.3, 0.4) is 0 Å². The van der Waals surface area contributed by atoms with E-state index in [0.717, 1.165) is 16.7 Å². The maximum absolute atomic E-state index is 12.0. The molecule has 2 rings (SSSR count). The first-order chi connectivity index (χ1) is 8.33. The summed E-state index contributed by atoms with van der Waals surface area (Å²) in [4.78, 5) is 12.0. The number of ketones is 1. The van der Waals surface area contributed by atoms with Gasteiger partial charge in [-0.1, -0.05) is 60.7 Å². The normalized spacial score (nSPS) is 9.88. The molecule has 0 saturated heterocycles. The van der Waals surface area contributed by atoms with Gasteiger partial charge in [-0.05, 0) is 11.1 Å². The maximum atomic E-state index is 12.0. The summed E-state index contributed by atoms with van der Waals surface area (Å²) in [5.41, 5.74) is 2.82. The highest BCUT2D eigenvalue weighted by Crippen LogP contribution is 2.24. The molecular formula is C16H14O. The molecule has 0 unspecified atom stereocenters. The summed E-state index contributed by atoms with van der Waals surface area (Å²) in [7, 11) is 0. The van der Waals surface area contributed by atoms with Gasteiger partial charge in [-0.3, -0.25) is 4.79 Å². The number of hydrogen-bond acceptors (Lipinski definition) is 1. The number of benzene rings is 2. The zero-order valence-corrected chi connectivity index (χ0v) is 9.60. The van der Waals surface area contributed by atoms with E-state index in [0.29, 0.717) is 6.42 Å². The van der Waals surface area contributed by atoms with Gasteiger partial charge in [0.15, 0.2) is 5.78 Å². The molecule has 1 heteroatoms. The summed E-state index contributed by atoms with van der Waals surface area (Å²) in [6.07, 6.45) is 2.02. The topological polar surface area (TPSA) is 17.1 Å². The molecule has 0 atom stereocenters. The molecule has 0 saturated carbocycles. The van der Waals surface area contributed by atoms with Crippen LogP contribution >= 0.6 is 0 Å². The average molecular weight is 222 g/mol. The molecule has 17 heavy (non-hydrogen) atoms. The Bertz CT molecular complexity index is 526. The van der Waals surface area contributed by atoms with E-state index in [4.69, 9.17) is 0 Å². The fraction of sp³-hybridized carbons (Fsp3) is 0.0625. The summed E-state index contributed by atoms with van der Waals surface area (Å²) < 4.78 is 0. The lowest BCUT2D eigenvalue weighted by Gasteiger charge is -2.07. The van der Waals surface area contributed by atoms with Crippen molar-refractivity contribution >= 4 is 5.78 Å². The van der Waals surface area contributed by atoms with Crippen LogP contribution in [0.2, 0.25) is 0 Å². The summed E-state index contributed by atoms with van der Waals surface area (Å²) in [5.74, 6) is 0.111.